The van der Waals surface area contributed by atoms with Crippen LogP contribution in [0.3, 0.4) is 0 Å². The highest BCUT2D eigenvalue weighted by atomic mass is 16.5. The summed E-state index contributed by atoms with van der Waals surface area (Å²) < 4.78 is 9.26. The number of esters is 2. The summed E-state index contributed by atoms with van der Waals surface area (Å²) in [7, 11) is 1.20. The maximum absolute atomic E-state index is 11.6. The van der Waals surface area contributed by atoms with Gasteiger partial charge < -0.3 is 9.47 Å². The van der Waals surface area contributed by atoms with Gasteiger partial charge in [-0.2, -0.15) is 0 Å². The Balaban J connectivity index is 4.97. The van der Waals surface area contributed by atoms with E-state index in [-0.39, 0.29) is 31.0 Å². The molecule has 0 aromatic heterocycles. The van der Waals surface area contributed by atoms with Gasteiger partial charge in [0.2, 0.25) is 0 Å². The molecule has 0 fully saturated rings. The minimum atomic E-state index is -0.852. The zero-order chi connectivity index (χ0) is 15.0. The van der Waals surface area contributed by atoms with Crippen molar-refractivity contribution in [1.82, 2.24) is 0 Å². The first-order valence-electron chi connectivity index (χ1n) is 6.06. The highest BCUT2D eigenvalue weighted by Gasteiger charge is 2.33. The number of ketones is 2. The fourth-order valence-electron chi connectivity index (χ4n) is 1.80. The first-order chi connectivity index (χ1) is 8.83. The molecule has 6 nitrogen and oxygen atoms in total. The molecule has 2 atom stereocenters. The van der Waals surface area contributed by atoms with Crippen LogP contribution in [-0.2, 0) is 28.7 Å². The number of methoxy groups -OCH3 is 1. The molecule has 6 heteroatoms. The van der Waals surface area contributed by atoms with Crippen molar-refractivity contribution in [1.29, 1.82) is 0 Å². The van der Waals surface area contributed by atoms with Crippen molar-refractivity contribution < 1.29 is 28.7 Å². The van der Waals surface area contributed by atoms with Gasteiger partial charge in [0.25, 0.3) is 0 Å². The lowest BCUT2D eigenvalue weighted by Crippen LogP contribution is -2.32. The second-order valence-electron chi connectivity index (χ2n) is 4.22. The lowest BCUT2D eigenvalue weighted by molar-refractivity contribution is -0.150. The van der Waals surface area contributed by atoms with E-state index in [0.29, 0.717) is 0 Å². The van der Waals surface area contributed by atoms with Crippen molar-refractivity contribution in [2.45, 2.75) is 33.6 Å². The largest absolute Gasteiger partial charge is 0.469 e. The minimum absolute atomic E-state index is 0.200. The molecule has 0 bridgehead atoms. The smallest absolute Gasteiger partial charge is 0.306 e. The molecule has 0 radical (unpaired) electrons. The molecule has 0 saturated carbocycles. The maximum atomic E-state index is 11.6. The second-order valence-corrected chi connectivity index (χ2v) is 4.22. The van der Waals surface area contributed by atoms with Gasteiger partial charge in [-0.05, 0) is 20.8 Å². The second kappa shape index (κ2) is 8.39. The Hall–Kier alpha value is -1.72. The first-order valence-corrected chi connectivity index (χ1v) is 6.06. The summed E-state index contributed by atoms with van der Waals surface area (Å²) in [5.41, 5.74) is 0. The fraction of sp³-hybridized carbons (Fsp3) is 0.692. The Morgan fingerprint density at radius 3 is 1.63 bits per heavy atom. The molecule has 0 aliphatic carbocycles. The average molecular weight is 272 g/mol. The highest BCUT2D eigenvalue weighted by Crippen LogP contribution is 2.23. The van der Waals surface area contributed by atoms with Gasteiger partial charge in [0.15, 0.2) is 0 Å². The predicted octanol–water partition coefficient (Wildman–Crippen LogP) is 0.913. The van der Waals surface area contributed by atoms with Gasteiger partial charge in [0.1, 0.15) is 11.6 Å². The molecule has 108 valence electrons. The number of hydrogen-bond acceptors (Lipinski definition) is 6. The Kier molecular flexibility index (Phi) is 7.63. The van der Waals surface area contributed by atoms with Gasteiger partial charge in [0.05, 0.1) is 26.6 Å². The summed E-state index contributed by atoms with van der Waals surface area (Å²) in [6.45, 7) is 4.43. The predicted molar refractivity (Wildman–Crippen MR) is 66.2 cm³/mol. The van der Waals surface area contributed by atoms with Gasteiger partial charge in [-0.1, -0.05) is 0 Å². The van der Waals surface area contributed by atoms with E-state index < -0.39 is 23.8 Å². The number of carbonyl (C=O) groups is 4. The molecule has 19 heavy (non-hydrogen) atoms. The van der Waals surface area contributed by atoms with Crippen LogP contribution in [0.5, 0.6) is 0 Å². The van der Waals surface area contributed by atoms with Crippen molar-refractivity contribution in [2.75, 3.05) is 13.7 Å². The Bertz CT molecular complexity index is 360. The van der Waals surface area contributed by atoms with E-state index in [1.165, 1.54) is 21.0 Å². The van der Waals surface area contributed by atoms with Gasteiger partial charge in [-0.15, -0.1) is 0 Å². The zero-order valence-corrected chi connectivity index (χ0v) is 11.7. The summed E-state index contributed by atoms with van der Waals surface area (Å²) in [6.07, 6.45) is -0.417. The van der Waals surface area contributed by atoms with Crippen molar-refractivity contribution in [2.24, 2.45) is 11.8 Å². The van der Waals surface area contributed by atoms with Gasteiger partial charge in [-0.25, -0.2) is 0 Å². The van der Waals surface area contributed by atoms with Gasteiger partial charge in [0, 0.05) is 11.8 Å². The third-order valence-corrected chi connectivity index (χ3v) is 2.84. The summed E-state index contributed by atoms with van der Waals surface area (Å²) in [4.78, 5) is 45.9. The molecular weight excluding hydrogens is 252 g/mol. The third kappa shape index (κ3) is 6.13. The number of ether oxygens (including phenoxy) is 2. The van der Waals surface area contributed by atoms with E-state index in [1.54, 1.807) is 6.92 Å². The lowest BCUT2D eigenvalue weighted by atomic mass is 9.82. The van der Waals surface area contributed by atoms with Crippen LogP contribution in [0.15, 0.2) is 0 Å². The Labute approximate surface area is 112 Å². The molecule has 0 aliphatic rings. The van der Waals surface area contributed by atoms with E-state index >= 15 is 0 Å². The SMILES string of the molecule is CCOC(=O)CC(C(C)=O)C(CC(=O)OC)C(C)=O. The summed E-state index contributed by atoms with van der Waals surface area (Å²) in [5, 5.41) is 0. The van der Waals surface area contributed by atoms with Crippen molar-refractivity contribution in [3.63, 3.8) is 0 Å². The molecule has 0 N–H and O–H groups in total. The summed E-state index contributed by atoms with van der Waals surface area (Å²) >= 11 is 0. The zero-order valence-electron chi connectivity index (χ0n) is 11.7. The number of hydrogen-bond donors (Lipinski definition) is 0. The Morgan fingerprint density at radius 1 is 0.895 bits per heavy atom. The average Bonchev–Trinajstić information content (AvgIpc) is 2.32. The van der Waals surface area contributed by atoms with Gasteiger partial charge in [-0.3, -0.25) is 19.2 Å². The van der Waals surface area contributed by atoms with Crippen LogP contribution in [0.1, 0.15) is 33.6 Å². The number of rotatable bonds is 8. The Morgan fingerprint density at radius 2 is 1.32 bits per heavy atom. The molecule has 0 heterocycles. The third-order valence-electron chi connectivity index (χ3n) is 2.84. The molecule has 0 saturated heterocycles. The minimum Gasteiger partial charge on any atom is -0.469 e. The fourth-order valence-corrected chi connectivity index (χ4v) is 1.80. The monoisotopic (exact) mass is 272 g/mol. The highest BCUT2D eigenvalue weighted by molar-refractivity contribution is 5.92. The first kappa shape index (κ1) is 17.3. The van der Waals surface area contributed by atoms with Crippen LogP contribution in [0.25, 0.3) is 0 Å². The van der Waals surface area contributed by atoms with Crippen LogP contribution in [-0.4, -0.2) is 37.2 Å². The van der Waals surface area contributed by atoms with Crippen LogP contribution < -0.4 is 0 Å². The molecule has 0 aromatic carbocycles. The molecule has 0 rings (SSSR count). The summed E-state index contributed by atoms with van der Waals surface area (Å²) in [6, 6.07) is 0. The number of Topliss-reactive ketones (excluding diaryl/α,β-unsaturated/α-hetero) is 2. The van der Waals surface area contributed by atoms with Crippen LogP contribution >= 0.6 is 0 Å². The molecule has 0 aromatic rings. The van der Waals surface area contributed by atoms with Crippen LogP contribution in [0.2, 0.25) is 0 Å². The van der Waals surface area contributed by atoms with E-state index in [0.717, 1.165) is 0 Å². The topological polar surface area (TPSA) is 86.7 Å². The quantitative estimate of drug-likeness (QED) is 0.610. The maximum Gasteiger partial charge on any atom is 0.306 e. The van der Waals surface area contributed by atoms with Crippen molar-refractivity contribution in [3.8, 4) is 0 Å². The number of carbonyl (C=O) groups excluding carboxylic acids is 4. The van der Waals surface area contributed by atoms with E-state index in [1.807, 2.05) is 0 Å². The van der Waals surface area contributed by atoms with Crippen LogP contribution in [0, 0.1) is 11.8 Å². The standard InChI is InChI=1S/C13H20O6/c1-5-19-13(17)7-11(9(3)15)10(8(2)14)6-12(16)18-4/h10-11H,5-7H2,1-4H3. The lowest BCUT2D eigenvalue weighted by Gasteiger charge is -2.21. The molecular formula is C13H20O6. The summed E-state index contributed by atoms with van der Waals surface area (Å²) in [5.74, 6) is -3.49. The van der Waals surface area contributed by atoms with E-state index in [9.17, 15) is 19.2 Å². The van der Waals surface area contributed by atoms with E-state index in [4.69, 9.17) is 4.74 Å². The van der Waals surface area contributed by atoms with Gasteiger partial charge >= 0.3 is 11.9 Å². The molecule has 2 unspecified atom stereocenters. The molecule has 0 spiro atoms. The van der Waals surface area contributed by atoms with Crippen molar-refractivity contribution in [3.05, 3.63) is 0 Å². The molecule has 0 amide bonds. The molecule has 0 aliphatic heterocycles. The van der Waals surface area contributed by atoms with Crippen LogP contribution in [0.4, 0.5) is 0 Å². The normalized spacial score (nSPS) is 13.3. The van der Waals surface area contributed by atoms with E-state index in [2.05, 4.69) is 4.74 Å². The van der Waals surface area contributed by atoms with Crippen molar-refractivity contribution >= 4 is 23.5 Å².